The van der Waals surface area contributed by atoms with E-state index in [1.807, 2.05) is 24.3 Å². The van der Waals surface area contributed by atoms with E-state index in [0.717, 1.165) is 50.6 Å². The van der Waals surface area contributed by atoms with Crippen LogP contribution in [0.1, 0.15) is 33.7 Å². The molecule has 0 unspecified atom stereocenters. The monoisotopic (exact) mass is 474 g/mol. The van der Waals surface area contributed by atoms with Crippen molar-refractivity contribution >= 4 is 22.8 Å². The van der Waals surface area contributed by atoms with Crippen LogP contribution < -0.4 is 0 Å². The highest BCUT2D eigenvalue weighted by molar-refractivity contribution is 6.27. The second-order valence-electron chi connectivity index (χ2n) is 9.00. The number of benzene rings is 5. The van der Waals surface area contributed by atoms with Gasteiger partial charge in [0, 0.05) is 11.1 Å². The van der Waals surface area contributed by atoms with E-state index in [-0.39, 0.29) is 5.92 Å². The molecule has 2 heteroatoms. The SMILES string of the molecule is c1ccc(C2=NC(c3ccccc3)=C(c3ccccc3)N=C(c3ccccc3)C2c2ccccc2)cc1. The molecule has 176 valence electrons. The Labute approximate surface area is 218 Å². The van der Waals surface area contributed by atoms with Crippen LogP contribution in [0.15, 0.2) is 162 Å². The molecule has 0 bridgehead atoms. The van der Waals surface area contributed by atoms with Crippen LogP contribution in [0.5, 0.6) is 0 Å². The van der Waals surface area contributed by atoms with E-state index in [2.05, 4.69) is 127 Å². The molecule has 37 heavy (non-hydrogen) atoms. The summed E-state index contributed by atoms with van der Waals surface area (Å²) in [6.07, 6.45) is 0. The topological polar surface area (TPSA) is 24.7 Å². The lowest BCUT2D eigenvalue weighted by molar-refractivity contribution is 1.18. The van der Waals surface area contributed by atoms with Crippen LogP contribution in [0, 0.1) is 0 Å². The summed E-state index contributed by atoms with van der Waals surface area (Å²) in [7, 11) is 0. The van der Waals surface area contributed by atoms with Crippen LogP contribution in [-0.2, 0) is 0 Å². The van der Waals surface area contributed by atoms with Crippen molar-refractivity contribution in [1.82, 2.24) is 0 Å². The number of nitrogens with zero attached hydrogens (tertiary/aromatic N) is 2. The lowest BCUT2D eigenvalue weighted by Crippen LogP contribution is -2.23. The molecule has 0 spiro atoms. The minimum Gasteiger partial charge on any atom is -0.249 e. The van der Waals surface area contributed by atoms with Gasteiger partial charge in [-0.25, -0.2) is 9.98 Å². The van der Waals surface area contributed by atoms with Gasteiger partial charge in [-0.1, -0.05) is 152 Å². The predicted octanol–water partition coefficient (Wildman–Crippen LogP) is 8.29. The van der Waals surface area contributed by atoms with Gasteiger partial charge in [-0.2, -0.15) is 0 Å². The maximum atomic E-state index is 5.49. The molecule has 0 radical (unpaired) electrons. The standard InChI is InChI=1S/C35H26N2/c1-6-16-26(17-7-1)31-32(27-18-8-2-9-19-27)36-34(29-22-12-4-13-23-29)35(30-24-14-5-15-25-30)37-33(31)28-20-10-3-11-21-28/h1-25,31H. The van der Waals surface area contributed by atoms with Crippen molar-refractivity contribution in [1.29, 1.82) is 0 Å². The van der Waals surface area contributed by atoms with Crippen LogP contribution in [-0.4, -0.2) is 11.4 Å². The van der Waals surface area contributed by atoms with Crippen molar-refractivity contribution in [3.63, 3.8) is 0 Å². The first-order valence-electron chi connectivity index (χ1n) is 12.6. The summed E-state index contributed by atoms with van der Waals surface area (Å²) >= 11 is 0. The van der Waals surface area contributed by atoms with Crippen molar-refractivity contribution in [2.45, 2.75) is 5.92 Å². The highest BCUT2D eigenvalue weighted by Crippen LogP contribution is 2.38. The molecule has 5 aromatic rings. The highest BCUT2D eigenvalue weighted by Gasteiger charge is 2.30. The molecule has 1 heterocycles. The van der Waals surface area contributed by atoms with Crippen LogP contribution in [0.2, 0.25) is 0 Å². The Balaban J connectivity index is 1.74. The molecule has 2 nitrogen and oxygen atoms in total. The first-order valence-corrected chi connectivity index (χ1v) is 12.6. The van der Waals surface area contributed by atoms with E-state index in [9.17, 15) is 0 Å². The Kier molecular flexibility index (Phi) is 6.38. The highest BCUT2D eigenvalue weighted by atomic mass is 14.9. The first-order chi connectivity index (χ1) is 18.4. The van der Waals surface area contributed by atoms with Crippen LogP contribution in [0.3, 0.4) is 0 Å². The zero-order valence-electron chi connectivity index (χ0n) is 20.4. The third-order valence-corrected chi connectivity index (χ3v) is 6.60. The third-order valence-electron chi connectivity index (χ3n) is 6.60. The minimum atomic E-state index is -0.147. The van der Waals surface area contributed by atoms with Gasteiger partial charge in [0.15, 0.2) is 0 Å². The van der Waals surface area contributed by atoms with Crippen molar-refractivity contribution in [3.05, 3.63) is 179 Å². The molecule has 6 rings (SSSR count). The maximum Gasteiger partial charge on any atom is 0.0968 e. The number of hydrogen-bond donors (Lipinski definition) is 0. The molecule has 1 aliphatic heterocycles. The average molecular weight is 475 g/mol. The van der Waals surface area contributed by atoms with Crippen LogP contribution >= 0.6 is 0 Å². The van der Waals surface area contributed by atoms with Gasteiger partial charge < -0.3 is 0 Å². The Morgan fingerprint density at radius 2 is 0.622 bits per heavy atom. The summed E-state index contributed by atoms with van der Waals surface area (Å²) in [5, 5.41) is 0. The number of rotatable bonds is 5. The summed E-state index contributed by atoms with van der Waals surface area (Å²) in [5.41, 5.74) is 9.13. The van der Waals surface area contributed by atoms with Crippen molar-refractivity contribution in [3.8, 4) is 0 Å². The van der Waals surface area contributed by atoms with E-state index in [1.165, 1.54) is 0 Å². The summed E-state index contributed by atoms with van der Waals surface area (Å²) in [5.74, 6) is -0.147. The van der Waals surface area contributed by atoms with E-state index in [0.29, 0.717) is 0 Å². The fraction of sp³-hybridized carbons (Fsp3) is 0.0286. The quantitative estimate of drug-likeness (QED) is 0.245. The van der Waals surface area contributed by atoms with Gasteiger partial charge in [-0.05, 0) is 16.7 Å². The van der Waals surface area contributed by atoms with Gasteiger partial charge in [0.2, 0.25) is 0 Å². The molecule has 0 aromatic heterocycles. The fourth-order valence-electron chi connectivity index (χ4n) is 4.84. The zero-order valence-corrected chi connectivity index (χ0v) is 20.4. The van der Waals surface area contributed by atoms with Gasteiger partial charge in [-0.3, -0.25) is 0 Å². The van der Waals surface area contributed by atoms with Crippen molar-refractivity contribution in [2.24, 2.45) is 9.98 Å². The average Bonchev–Trinajstić information content (AvgIpc) is 3.17. The molecule has 0 aliphatic carbocycles. The lowest BCUT2D eigenvalue weighted by atomic mass is 9.83. The largest absolute Gasteiger partial charge is 0.249 e. The predicted molar refractivity (Wildman–Crippen MR) is 155 cm³/mol. The molecule has 0 saturated carbocycles. The van der Waals surface area contributed by atoms with Gasteiger partial charge in [0.25, 0.3) is 0 Å². The Hall–Kier alpha value is -4.82. The normalized spacial score (nSPS) is 14.1. The lowest BCUT2D eigenvalue weighted by Gasteiger charge is -2.22. The Morgan fingerprint density at radius 1 is 0.324 bits per heavy atom. The summed E-state index contributed by atoms with van der Waals surface area (Å²) < 4.78 is 0. The molecular weight excluding hydrogens is 448 g/mol. The van der Waals surface area contributed by atoms with E-state index < -0.39 is 0 Å². The third kappa shape index (κ3) is 4.70. The van der Waals surface area contributed by atoms with Gasteiger partial charge >= 0.3 is 0 Å². The summed E-state index contributed by atoms with van der Waals surface area (Å²) in [6.45, 7) is 0. The number of aliphatic imine (C=N–C) groups is 2. The van der Waals surface area contributed by atoms with Crippen molar-refractivity contribution < 1.29 is 0 Å². The van der Waals surface area contributed by atoms with Gasteiger partial charge in [-0.15, -0.1) is 0 Å². The zero-order chi connectivity index (χ0) is 24.9. The molecule has 5 aromatic carbocycles. The van der Waals surface area contributed by atoms with Gasteiger partial charge in [0.1, 0.15) is 0 Å². The first kappa shape index (κ1) is 22.6. The molecule has 0 amide bonds. The fourth-order valence-corrected chi connectivity index (χ4v) is 4.84. The molecule has 1 aliphatic rings. The number of hydrogen-bond acceptors (Lipinski definition) is 2. The smallest absolute Gasteiger partial charge is 0.0968 e. The summed E-state index contributed by atoms with van der Waals surface area (Å²) in [4.78, 5) is 11.0. The molecule has 0 fully saturated rings. The molecule has 0 N–H and O–H groups in total. The Morgan fingerprint density at radius 3 is 0.973 bits per heavy atom. The van der Waals surface area contributed by atoms with Crippen molar-refractivity contribution in [2.75, 3.05) is 0 Å². The van der Waals surface area contributed by atoms with Crippen LogP contribution in [0.25, 0.3) is 11.4 Å². The Bertz CT molecular complexity index is 1470. The molecule has 0 saturated heterocycles. The van der Waals surface area contributed by atoms with E-state index >= 15 is 0 Å². The van der Waals surface area contributed by atoms with E-state index in [1.54, 1.807) is 0 Å². The molecular formula is C35H26N2. The maximum absolute atomic E-state index is 5.49. The molecule has 0 atom stereocenters. The minimum absolute atomic E-state index is 0.147. The second-order valence-corrected chi connectivity index (χ2v) is 9.00. The van der Waals surface area contributed by atoms with Gasteiger partial charge in [0.05, 0.1) is 28.7 Å². The van der Waals surface area contributed by atoms with E-state index in [4.69, 9.17) is 9.98 Å². The second kappa shape index (κ2) is 10.4. The summed E-state index contributed by atoms with van der Waals surface area (Å²) in [6, 6.07) is 52.4. The van der Waals surface area contributed by atoms with Crippen LogP contribution in [0.4, 0.5) is 0 Å².